The highest BCUT2D eigenvalue weighted by molar-refractivity contribution is 9.10. The van der Waals surface area contributed by atoms with Crippen molar-refractivity contribution in [3.8, 4) is 0 Å². The second-order valence-corrected chi connectivity index (χ2v) is 8.45. The van der Waals surface area contributed by atoms with Crippen LogP contribution in [-0.4, -0.2) is 35.5 Å². The molecule has 1 fully saturated rings. The standard InChI is InChI=1S/C22H25BrN4O/c1-15-4-6-16(7-5-15)10-11-24-21(28)17-3-2-12-27(14-17)22-25-19-9-8-18(23)13-20(19)26-22/h4-9,13,17H,2-3,10-12,14H2,1H3,(H,24,28)(H,25,26)/t17-/m1/s1. The molecular formula is C22H25BrN4O. The minimum atomic E-state index is 0.00622. The molecule has 5 nitrogen and oxygen atoms in total. The maximum absolute atomic E-state index is 12.7. The van der Waals surface area contributed by atoms with E-state index in [9.17, 15) is 4.79 Å². The number of hydrogen-bond acceptors (Lipinski definition) is 3. The van der Waals surface area contributed by atoms with E-state index in [2.05, 4.69) is 62.3 Å². The molecule has 1 aliphatic heterocycles. The molecule has 0 radical (unpaired) electrons. The normalized spacial score (nSPS) is 17.1. The third-order valence-electron chi connectivity index (χ3n) is 5.36. The molecule has 0 spiro atoms. The van der Waals surface area contributed by atoms with Crippen LogP contribution in [-0.2, 0) is 11.2 Å². The number of nitrogens with zero attached hydrogens (tertiary/aromatic N) is 2. The Morgan fingerprint density at radius 3 is 2.93 bits per heavy atom. The van der Waals surface area contributed by atoms with Gasteiger partial charge in [-0.25, -0.2) is 4.98 Å². The Labute approximate surface area is 173 Å². The molecule has 4 rings (SSSR count). The summed E-state index contributed by atoms with van der Waals surface area (Å²) < 4.78 is 1.03. The number of piperidine rings is 1. The van der Waals surface area contributed by atoms with Gasteiger partial charge in [-0.05, 0) is 49.9 Å². The van der Waals surface area contributed by atoms with Crippen LogP contribution in [0.5, 0.6) is 0 Å². The molecule has 1 aromatic heterocycles. The van der Waals surface area contributed by atoms with Crippen LogP contribution in [0.15, 0.2) is 46.9 Å². The van der Waals surface area contributed by atoms with Gasteiger partial charge in [-0.1, -0.05) is 45.8 Å². The largest absolute Gasteiger partial charge is 0.355 e. The van der Waals surface area contributed by atoms with E-state index < -0.39 is 0 Å². The van der Waals surface area contributed by atoms with Gasteiger partial charge >= 0.3 is 0 Å². The molecule has 1 atom stereocenters. The SMILES string of the molecule is Cc1ccc(CCNC(=O)[C@@H]2CCCN(c3nc4ccc(Br)cc4[nH]3)C2)cc1. The highest BCUT2D eigenvalue weighted by atomic mass is 79.9. The first kappa shape index (κ1) is 19.0. The molecular weight excluding hydrogens is 416 g/mol. The predicted molar refractivity (Wildman–Crippen MR) is 117 cm³/mol. The van der Waals surface area contributed by atoms with Gasteiger partial charge < -0.3 is 15.2 Å². The monoisotopic (exact) mass is 440 g/mol. The van der Waals surface area contributed by atoms with E-state index >= 15 is 0 Å². The van der Waals surface area contributed by atoms with Gasteiger partial charge in [0.1, 0.15) is 0 Å². The smallest absolute Gasteiger partial charge is 0.224 e. The lowest BCUT2D eigenvalue weighted by Gasteiger charge is -2.31. The number of aryl methyl sites for hydroxylation is 1. The number of aromatic nitrogens is 2. The van der Waals surface area contributed by atoms with Crippen molar-refractivity contribution in [2.24, 2.45) is 5.92 Å². The van der Waals surface area contributed by atoms with Crippen LogP contribution in [0, 0.1) is 12.8 Å². The third kappa shape index (κ3) is 4.38. The van der Waals surface area contributed by atoms with Crippen molar-refractivity contribution < 1.29 is 4.79 Å². The first-order valence-electron chi connectivity index (χ1n) is 9.82. The summed E-state index contributed by atoms with van der Waals surface area (Å²) in [6, 6.07) is 14.5. The van der Waals surface area contributed by atoms with E-state index in [1.165, 1.54) is 11.1 Å². The fraction of sp³-hybridized carbons (Fsp3) is 0.364. The maximum Gasteiger partial charge on any atom is 0.224 e. The molecule has 2 aromatic carbocycles. The Bertz CT molecular complexity index is 966. The second-order valence-electron chi connectivity index (χ2n) is 7.53. The van der Waals surface area contributed by atoms with Crippen LogP contribution in [0.1, 0.15) is 24.0 Å². The van der Waals surface area contributed by atoms with Crippen LogP contribution in [0.4, 0.5) is 5.95 Å². The van der Waals surface area contributed by atoms with Crippen molar-refractivity contribution in [2.45, 2.75) is 26.2 Å². The van der Waals surface area contributed by atoms with E-state index in [4.69, 9.17) is 4.98 Å². The number of carbonyl (C=O) groups is 1. The molecule has 3 aromatic rings. The molecule has 28 heavy (non-hydrogen) atoms. The molecule has 1 aliphatic rings. The van der Waals surface area contributed by atoms with E-state index in [1.807, 2.05) is 18.2 Å². The van der Waals surface area contributed by atoms with Crippen LogP contribution in [0.3, 0.4) is 0 Å². The Morgan fingerprint density at radius 2 is 2.11 bits per heavy atom. The van der Waals surface area contributed by atoms with Gasteiger partial charge in [-0.2, -0.15) is 0 Å². The zero-order valence-electron chi connectivity index (χ0n) is 16.0. The summed E-state index contributed by atoms with van der Waals surface area (Å²) in [7, 11) is 0. The molecule has 1 amide bonds. The lowest BCUT2D eigenvalue weighted by Crippen LogP contribution is -2.43. The Hall–Kier alpha value is -2.34. The van der Waals surface area contributed by atoms with Crippen molar-refractivity contribution in [3.05, 3.63) is 58.1 Å². The van der Waals surface area contributed by atoms with Crippen LogP contribution >= 0.6 is 15.9 Å². The van der Waals surface area contributed by atoms with Crippen molar-refractivity contribution in [2.75, 3.05) is 24.5 Å². The van der Waals surface area contributed by atoms with E-state index in [0.29, 0.717) is 13.1 Å². The van der Waals surface area contributed by atoms with Gasteiger partial charge in [0.2, 0.25) is 11.9 Å². The van der Waals surface area contributed by atoms with Crippen LogP contribution in [0.2, 0.25) is 0 Å². The van der Waals surface area contributed by atoms with Gasteiger partial charge in [-0.15, -0.1) is 0 Å². The zero-order valence-corrected chi connectivity index (χ0v) is 17.6. The maximum atomic E-state index is 12.7. The third-order valence-corrected chi connectivity index (χ3v) is 5.85. The number of nitrogens with one attached hydrogen (secondary N) is 2. The summed E-state index contributed by atoms with van der Waals surface area (Å²) in [5.41, 5.74) is 4.47. The van der Waals surface area contributed by atoms with Crippen LogP contribution < -0.4 is 10.2 Å². The minimum absolute atomic E-state index is 0.00622. The number of hydrogen-bond donors (Lipinski definition) is 2. The highest BCUT2D eigenvalue weighted by Crippen LogP contribution is 2.25. The zero-order chi connectivity index (χ0) is 19.5. The summed E-state index contributed by atoms with van der Waals surface area (Å²) in [6.45, 7) is 4.39. The predicted octanol–water partition coefficient (Wildman–Crippen LogP) is 4.21. The fourth-order valence-corrected chi connectivity index (χ4v) is 4.09. The first-order chi connectivity index (χ1) is 13.6. The fourth-order valence-electron chi connectivity index (χ4n) is 3.73. The minimum Gasteiger partial charge on any atom is -0.355 e. The topological polar surface area (TPSA) is 61.0 Å². The van der Waals surface area contributed by atoms with Gasteiger partial charge in [0.05, 0.1) is 17.0 Å². The Kier molecular flexibility index (Phi) is 5.67. The van der Waals surface area contributed by atoms with Crippen molar-refractivity contribution >= 4 is 38.8 Å². The van der Waals surface area contributed by atoms with Crippen molar-refractivity contribution in [3.63, 3.8) is 0 Å². The number of rotatable bonds is 5. The highest BCUT2D eigenvalue weighted by Gasteiger charge is 2.27. The summed E-state index contributed by atoms with van der Waals surface area (Å²) in [4.78, 5) is 22.9. The summed E-state index contributed by atoms with van der Waals surface area (Å²) in [5.74, 6) is 1.01. The van der Waals surface area contributed by atoms with Gasteiger partial charge in [0.15, 0.2) is 0 Å². The van der Waals surface area contributed by atoms with Gasteiger partial charge in [0, 0.05) is 24.1 Å². The average Bonchev–Trinajstić information content (AvgIpc) is 3.13. The molecule has 2 heterocycles. The molecule has 0 saturated carbocycles. The average molecular weight is 441 g/mol. The number of imidazole rings is 1. The number of carbonyl (C=O) groups excluding carboxylic acids is 1. The van der Waals surface area contributed by atoms with Gasteiger partial charge in [-0.3, -0.25) is 4.79 Å². The number of amides is 1. The summed E-state index contributed by atoms with van der Waals surface area (Å²) in [5, 5.41) is 3.12. The lowest BCUT2D eigenvalue weighted by molar-refractivity contribution is -0.125. The lowest BCUT2D eigenvalue weighted by atomic mass is 9.97. The quantitative estimate of drug-likeness (QED) is 0.624. The Balaban J connectivity index is 1.34. The Morgan fingerprint density at radius 1 is 1.29 bits per heavy atom. The van der Waals surface area contributed by atoms with Crippen LogP contribution in [0.25, 0.3) is 11.0 Å². The van der Waals surface area contributed by atoms with E-state index in [0.717, 1.165) is 47.3 Å². The second kappa shape index (κ2) is 8.35. The summed E-state index contributed by atoms with van der Waals surface area (Å²) >= 11 is 3.50. The number of halogens is 1. The number of anilines is 1. The molecule has 0 aliphatic carbocycles. The van der Waals surface area contributed by atoms with Crippen molar-refractivity contribution in [1.29, 1.82) is 0 Å². The molecule has 2 N–H and O–H groups in total. The first-order valence-corrected chi connectivity index (χ1v) is 10.6. The number of aromatic amines is 1. The molecule has 1 saturated heterocycles. The van der Waals surface area contributed by atoms with Crippen molar-refractivity contribution in [1.82, 2.24) is 15.3 Å². The molecule has 146 valence electrons. The number of fused-ring (bicyclic) bond motifs is 1. The molecule has 0 unspecified atom stereocenters. The summed E-state index contributed by atoms with van der Waals surface area (Å²) in [6.07, 6.45) is 2.79. The van der Waals surface area contributed by atoms with E-state index in [-0.39, 0.29) is 11.8 Å². The number of H-pyrrole nitrogens is 1. The molecule has 6 heteroatoms. The van der Waals surface area contributed by atoms with Gasteiger partial charge in [0.25, 0.3) is 0 Å². The van der Waals surface area contributed by atoms with E-state index in [1.54, 1.807) is 0 Å². The molecule has 0 bridgehead atoms. The number of benzene rings is 2.